The molecule has 0 radical (unpaired) electrons. The standard InChI is InChI=1S/C22H15F4N5O2/c1-27-20(32)19-10-15(6-7-28-19)33-14-3-5-17-12(8-14)11-29-21(30-17)31-18-9-13(22(24,25)26)2-4-16(18)23/h2-11H,1H3,(H,27,32)(H,29,30,31). The van der Waals surface area contributed by atoms with Gasteiger partial charge in [0.2, 0.25) is 5.95 Å². The van der Waals surface area contributed by atoms with Crippen LogP contribution in [0.4, 0.5) is 29.2 Å². The maximum Gasteiger partial charge on any atom is 0.416 e. The van der Waals surface area contributed by atoms with Crippen molar-refractivity contribution in [2.24, 2.45) is 0 Å². The Balaban J connectivity index is 1.56. The molecule has 168 valence electrons. The Labute approximate surface area is 184 Å². The van der Waals surface area contributed by atoms with Crippen LogP contribution in [-0.4, -0.2) is 27.9 Å². The van der Waals surface area contributed by atoms with Crippen LogP contribution in [0.2, 0.25) is 0 Å². The molecule has 0 saturated heterocycles. The molecule has 2 N–H and O–H groups in total. The van der Waals surface area contributed by atoms with Crippen molar-refractivity contribution >= 4 is 28.4 Å². The molecule has 4 aromatic rings. The molecule has 4 rings (SSSR count). The molecular formula is C22H15F4N5O2. The maximum atomic E-state index is 14.0. The molecule has 0 fully saturated rings. The zero-order valence-corrected chi connectivity index (χ0v) is 16.9. The summed E-state index contributed by atoms with van der Waals surface area (Å²) in [5.74, 6) is -0.473. The van der Waals surface area contributed by atoms with Gasteiger partial charge in [0.25, 0.3) is 5.91 Å². The van der Waals surface area contributed by atoms with Gasteiger partial charge in [0.1, 0.15) is 23.0 Å². The van der Waals surface area contributed by atoms with Crippen molar-refractivity contribution in [3.05, 3.63) is 78.0 Å². The highest BCUT2D eigenvalue weighted by Crippen LogP contribution is 2.32. The van der Waals surface area contributed by atoms with Crippen LogP contribution in [-0.2, 0) is 6.18 Å². The summed E-state index contributed by atoms with van der Waals surface area (Å²) < 4.78 is 58.5. The van der Waals surface area contributed by atoms with Crippen molar-refractivity contribution in [1.29, 1.82) is 0 Å². The second kappa shape index (κ2) is 8.69. The summed E-state index contributed by atoms with van der Waals surface area (Å²) in [5, 5.41) is 5.53. The molecule has 0 saturated carbocycles. The third-order valence-electron chi connectivity index (χ3n) is 4.52. The number of anilines is 2. The third-order valence-corrected chi connectivity index (χ3v) is 4.52. The fourth-order valence-corrected chi connectivity index (χ4v) is 2.92. The van der Waals surface area contributed by atoms with Crippen LogP contribution in [0.3, 0.4) is 0 Å². The fourth-order valence-electron chi connectivity index (χ4n) is 2.92. The van der Waals surface area contributed by atoms with Gasteiger partial charge in [-0.15, -0.1) is 0 Å². The first kappa shape index (κ1) is 21.9. The Morgan fingerprint density at radius 2 is 1.79 bits per heavy atom. The van der Waals surface area contributed by atoms with Crippen molar-refractivity contribution in [3.63, 3.8) is 0 Å². The average molecular weight is 457 g/mol. The number of ether oxygens (including phenoxy) is 1. The Hall–Kier alpha value is -4.28. The van der Waals surface area contributed by atoms with Gasteiger partial charge in [-0.25, -0.2) is 14.4 Å². The monoisotopic (exact) mass is 457 g/mol. The number of fused-ring (bicyclic) bond motifs is 1. The Morgan fingerprint density at radius 3 is 2.55 bits per heavy atom. The van der Waals surface area contributed by atoms with Gasteiger partial charge in [-0.3, -0.25) is 9.78 Å². The summed E-state index contributed by atoms with van der Waals surface area (Å²) in [6.45, 7) is 0. The third kappa shape index (κ3) is 4.97. The van der Waals surface area contributed by atoms with E-state index in [0.29, 0.717) is 34.5 Å². The van der Waals surface area contributed by atoms with Gasteiger partial charge in [0.15, 0.2) is 0 Å². The first-order valence-corrected chi connectivity index (χ1v) is 9.49. The van der Waals surface area contributed by atoms with Crippen molar-refractivity contribution in [3.8, 4) is 11.5 Å². The minimum absolute atomic E-state index is 0.0706. The van der Waals surface area contributed by atoms with Crippen molar-refractivity contribution < 1.29 is 27.1 Å². The number of rotatable bonds is 5. The Bertz CT molecular complexity index is 1340. The Kier molecular flexibility index (Phi) is 5.78. The van der Waals surface area contributed by atoms with E-state index < -0.39 is 23.2 Å². The lowest BCUT2D eigenvalue weighted by atomic mass is 10.2. The van der Waals surface area contributed by atoms with E-state index in [9.17, 15) is 22.4 Å². The number of pyridine rings is 1. The molecule has 2 aromatic heterocycles. The highest BCUT2D eigenvalue weighted by molar-refractivity contribution is 5.92. The largest absolute Gasteiger partial charge is 0.457 e. The smallest absolute Gasteiger partial charge is 0.416 e. The summed E-state index contributed by atoms with van der Waals surface area (Å²) in [4.78, 5) is 23.9. The van der Waals surface area contributed by atoms with Gasteiger partial charge in [-0.2, -0.15) is 13.2 Å². The van der Waals surface area contributed by atoms with Gasteiger partial charge >= 0.3 is 6.18 Å². The lowest BCUT2D eigenvalue weighted by molar-refractivity contribution is -0.137. The van der Waals surface area contributed by atoms with Crippen LogP contribution in [0.25, 0.3) is 10.9 Å². The van der Waals surface area contributed by atoms with E-state index in [2.05, 4.69) is 25.6 Å². The van der Waals surface area contributed by atoms with E-state index in [1.807, 2.05) is 0 Å². The molecule has 0 aliphatic carbocycles. The number of nitrogens with one attached hydrogen (secondary N) is 2. The molecule has 0 atom stereocenters. The van der Waals surface area contributed by atoms with Crippen LogP contribution in [0.1, 0.15) is 16.1 Å². The zero-order chi connectivity index (χ0) is 23.6. The maximum absolute atomic E-state index is 14.0. The molecule has 7 nitrogen and oxygen atoms in total. The summed E-state index contributed by atoms with van der Waals surface area (Å²) in [7, 11) is 1.49. The molecule has 0 aliphatic heterocycles. The number of benzene rings is 2. The Morgan fingerprint density at radius 1 is 1.00 bits per heavy atom. The molecular weight excluding hydrogens is 442 g/mol. The minimum Gasteiger partial charge on any atom is -0.457 e. The molecule has 2 heterocycles. The predicted molar refractivity (Wildman–Crippen MR) is 112 cm³/mol. The van der Waals surface area contributed by atoms with Crippen LogP contribution >= 0.6 is 0 Å². The van der Waals surface area contributed by atoms with Crippen LogP contribution < -0.4 is 15.4 Å². The number of carbonyl (C=O) groups excluding carboxylic acids is 1. The fraction of sp³-hybridized carbons (Fsp3) is 0.0909. The SMILES string of the molecule is CNC(=O)c1cc(Oc2ccc3nc(Nc4cc(C(F)(F)F)ccc4F)ncc3c2)ccn1. The van der Waals surface area contributed by atoms with E-state index in [0.717, 1.165) is 6.07 Å². The second-order valence-electron chi connectivity index (χ2n) is 6.79. The number of aromatic nitrogens is 3. The molecule has 1 amide bonds. The number of nitrogens with zero attached hydrogens (tertiary/aromatic N) is 3. The van der Waals surface area contributed by atoms with Gasteiger partial charge in [-0.1, -0.05) is 0 Å². The van der Waals surface area contributed by atoms with Gasteiger partial charge in [0, 0.05) is 30.9 Å². The molecule has 11 heteroatoms. The second-order valence-corrected chi connectivity index (χ2v) is 6.79. The highest BCUT2D eigenvalue weighted by atomic mass is 19.4. The lowest BCUT2D eigenvalue weighted by Crippen LogP contribution is -2.18. The van der Waals surface area contributed by atoms with E-state index in [-0.39, 0.29) is 17.5 Å². The van der Waals surface area contributed by atoms with Gasteiger partial charge in [-0.05, 0) is 42.5 Å². The summed E-state index contributed by atoms with van der Waals surface area (Å²) in [6.07, 6.45) is -1.75. The molecule has 0 aliphatic rings. The first-order chi connectivity index (χ1) is 15.7. The number of hydrogen-bond donors (Lipinski definition) is 2. The predicted octanol–water partition coefficient (Wildman–Crippen LogP) is 5.08. The van der Waals surface area contributed by atoms with E-state index >= 15 is 0 Å². The van der Waals surface area contributed by atoms with Crippen molar-refractivity contribution in [2.45, 2.75) is 6.18 Å². The summed E-state index contributed by atoms with van der Waals surface area (Å²) >= 11 is 0. The quantitative estimate of drug-likeness (QED) is 0.407. The van der Waals surface area contributed by atoms with Crippen LogP contribution in [0.15, 0.2) is 60.9 Å². The van der Waals surface area contributed by atoms with Gasteiger partial charge < -0.3 is 15.4 Å². The van der Waals surface area contributed by atoms with E-state index in [4.69, 9.17) is 4.74 Å². The number of hydrogen-bond acceptors (Lipinski definition) is 6. The van der Waals surface area contributed by atoms with E-state index in [1.165, 1.54) is 25.5 Å². The number of carbonyl (C=O) groups is 1. The molecule has 33 heavy (non-hydrogen) atoms. The normalized spacial score (nSPS) is 11.3. The number of alkyl halides is 3. The topological polar surface area (TPSA) is 89.0 Å². The minimum atomic E-state index is -4.61. The summed E-state index contributed by atoms with van der Waals surface area (Å²) in [5.41, 5.74) is -0.747. The average Bonchev–Trinajstić information content (AvgIpc) is 2.79. The van der Waals surface area contributed by atoms with Crippen LogP contribution in [0, 0.1) is 5.82 Å². The van der Waals surface area contributed by atoms with E-state index in [1.54, 1.807) is 24.3 Å². The zero-order valence-electron chi connectivity index (χ0n) is 16.9. The summed E-state index contributed by atoms with van der Waals surface area (Å²) in [6, 6.07) is 9.98. The first-order valence-electron chi connectivity index (χ1n) is 9.49. The molecule has 2 aromatic carbocycles. The molecule has 0 spiro atoms. The lowest BCUT2D eigenvalue weighted by Gasteiger charge is -2.11. The highest BCUT2D eigenvalue weighted by Gasteiger charge is 2.31. The molecule has 0 unspecified atom stereocenters. The van der Waals surface area contributed by atoms with Crippen LogP contribution in [0.5, 0.6) is 11.5 Å². The molecule has 0 bridgehead atoms. The number of halogens is 4. The number of amides is 1. The van der Waals surface area contributed by atoms with Gasteiger partial charge in [0.05, 0.1) is 16.8 Å². The van der Waals surface area contributed by atoms with Crippen molar-refractivity contribution in [2.75, 3.05) is 12.4 Å². The van der Waals surface area contributed by atoms with Crippen molar-refractivity contribution in [1.82, 2.24) is 20.3 Å².